The average molecular weight is 340 g/mol. The predicted octanol–water partition coefficient (Wildman–Crippen LogP) is 3.18. The number of rotatable bonds is 7. The van der Waals surface area contributed by atoms with E-state index in [-0.39, 0.29) is 5.91 Å². The van der Waals surface area contributed by atoms with E-state index >= 15 is 0 Å². The Morgan fingerprint density at radius 2 is 1.84 bits per heavy atom. The summed E-state index contributed by atoms with van der Waals surface area (Å²) in [5, 5.41) is 2.98. The molecule has 5 heteroatoms. The number of amides is 1. The zero-order chi connectivity index (χ0) is 18.4. The minimum absolute atomic E-state index is 0.106. The Bertz CT molecular complexity index is 704. The van der Waals surface area contributed by atoms with E-state index in [1.807, 2.05) is 30.3 Å². The van der Waals surface area contributed by atoms with Crippen molar-refractivity contribution in [2.24, 2.45) is 0 Å². The summed E-state index contributed by atoms with van der Waals surface area (Å²) >= 11 is 0. The molecule has 2 aromatic rings. The van der Waals surface area contributed by atoms with Crippen LogP contribution in [0, 0.1) is 0 Å². The first-order valence-corrected chi connectivity index (χ1v) is 8.73. The van der Waals surface area contributed by atoms with Gasteiger partial charge in [-0.05, 0) is 51.5 Å². The zero-order valence-corrected chi connectivity index (χ0v) is 15.5. The van der Waals surface area contributed by atoms with Crippen molar-refractivity contribution in [3.05, 3.63) is 48.3 Å². The third kappa shape index (κ3) is 5.29. The molecule has 1 aromatic carbocycles. The summed E-state index contributed by atoms with van der Waals surface area (Å²) in [7, 11) is 0. The molecule has 134 valence electrons. The summed E-state index contributed by atoms with van der Waals surface area (Å²) in [5.74, 6) is -0.106. The number of hydrogen-bond acceptors (Lipinski definition) is 4. The smallest absolute Gasteiger partial charge is 0.252 e. The maximum atomic E-state index is 12.4. The van der Waals surface area contributed by atoms with Gasteiger partial charge in [0.1, 0.15) is 0 Å². The highest BCUT2D eigenvalue weighted by molar-refractivity contribution is 5.95. The summed E-state index contributed by atoms with van der Waals surface area (Å²) in [6, 6.07) is 10.3. The molecule has 0 radical (unpaired) electrons. The van der Waals surface area contributed by atoms with Crippen LogP contribution in [-0.2, 0) is 0 Å². The molecule has 0 aliphatic heterocycles. The summed E-state index contributed by atoms with van der Waals surface area (Å²) < 4.78 is 0. The number of nitrogens with one attached hydrogen (secondary N) is 1. The van der Waals surface area contributed by atoms with Crippen molar-refractivity contribution in [2.45, 2.75) is 39.8 Å². The molecule has 1 heterocycles. The Morgan fingerprint density at radius 1 is 1.12 bits per heavy atom. The van der Waals surface area contributed by atoms with E-state index in [2.05, 4.69) is 42.9 Å². The lowest BCUT2D eigenvalue weighted by atomic mass is 10.1. The molecule has 1 aromatic heterocycles. The largest absolute Gasteiger partial charge is 0.399 e. The molecule has 0 unspecified atom stereocenters. The second-order valence-electron chi connectivity index (χ2n) is 6.77. The first kappa shape index (κ1) is 18.9. The van der Waals surface area contributed by atoms with Crippen molar-refractivity contribution in [1.82, 2.24) is 15.2 Å². The van der Waals surface area contributed by atoms with Crippen molar-refractivity contribution < 1.29 is 4.79 Å². The summed E-state index contributed by atoms with van der Waals surface area (Å²) in [5.41, 5.74) is 8.91. The monoisotopic (exact) mass is 340 g/mol. The van der Waals surface area contributed by atoms with Gasteiger partial charge < -0.3 is 11.1 Å². The van der Waals surface area contributed by atoms with Crippen LogP contribution in [0.4, 0.5) is 5.69 Å². The van der Waals surface area contributed by atoms with Gasteiger partial charge >= 0.3 is 0 Å². The van der Waals surface area contributed by atoms with Gasteiger partial charge in [0, 0.05) is 48.8 Å². The number of nitrogens with zero attached hydrogens (tertiary/aromatic N) is 2. The number of anilines is 1. The quantitative estimate of drug-likeness (QED) is 0.760. The molecule has 5 nitrogen and oxygen atoms in total. The Balaban J connectivity index is 2.02. The van der Waals surface area contributed by atoms with E-state index in [4.69, 9.17) is 5.73 Å². The van der Waals surface area contributed by atoms with Crippen molar-refractivity contribution in [2.75, 3.05) is 18.8 Å². The van der Waals surface area contributed by atoms with Gasteiger partial charge in [-0.3, -0.25) is 14.7 Å². The highest BCUT2D eigenvalue weighted by Gasteiger charge is 2.14. The molecule has 2 rings (SSSR count). The molecule has 0 saturated heterocycles. The lowest BCUT2D eigenvalue weighted by Crippen LogP contribution is -2.42. The molecule has 0 atom stereocenters. The van der Waals surface area contributed by atoms with Crippen molar-refractivity contribution in [3.8, 4) is 11.1 Å². The molecule has 0 aliphatic carbocycles. The Morgan fingerprint density at radius 3 is 2.48 bits per heavy atom. The topological polar surface area (TPSA) is 71.2 Å². The van der Waals surface area contributed by atoms with Crippen LogP contribution in [0.2, 0.25) is 0 Å². The third-order valence-corrected chi connectivity index (χ3v) is 4.20. The van der Waals surface area contributed by atoms with Crippen LogP contribution in [0.3, 0.4) is 0 Å². The average Bonchev–Trinajstić information content (AvgIpc) is 2.58. The van der Waals surface area contributed by atoms with Crippen LogP contribution >= 0.6 is 0 Å². The maximum Gasteiger partial charge on any atom is 0.252 e. The van der Waals surface area contributed by atoms with Gasteiger partial charge in [-0.15, -0.1) is 0 Å². The fraction of sp³-hybridized carbons (Fsp3) is 0.400. The highest BCUT2D eigenvalue weighted by atomic mass is 16.1. The van der Waals surface area contributed by atoms with E-state index < -0.39 is 0 Å². The molecule has 0 saturated carbocycles. The fourth-order valence-electron chi connectivity index (χ4n) is 2.95. The SMILES string of the molecule is CC(C)N(CCNC(=O)c1cncc(-c2cccc(N)c2)c1)C(C)C. The van der Waals surface area contributed by atoms with Gasteiger partial charge in [0.25, 0.3) is 5.91 Å². The van der Waals surface area contributed by atoms with Crippen molar-refractivity contribution in [3.63, 3.8) is 0 Å². The minimum Gasteiger partial charge on any atom is -0.399 e. The van der Waals surface area contributed by atoms with Crippen LogP contribution in [0.1, 0.15) is 38.1 Å². The van der Waals surface area contributed by atoms with Crippen LogP contribution in [0.25, 0.3) is 11.1 Å². The number of aromatic nitrogens is 1. The second-order valence-corrected chi connectivity index (χ2v) is 6.77. The fourth-order valence-corrected chi connectivity index (χ4v) is 2.95. The van der Waals surface area contributed by atoms with Gasteiger partial charge in [-0.25, -0.2) is 0 Å². The van der Waals surface area contributed by atoms with Gasteiger partial charge in [-0.2, -0.15) is 0 Å². The van der Waals surface area contributed by atoms with E-state index in [1.165, 1.54) is 0 Å². The summed E-state index contributed by atoms with van der Waals surface area (Å²) in [4.78, 5) is 19.0. The van der Waals surface area contributed by atoms with Crippen LogP contribution < -0.4 is 11.1 Å². The van der Waals surface area contributed by atoms with Gasteiger partial charge in [-0.1, -0.05) is 12.1 Å². The normalized spacial score (nSPS) is 11.3. The Hall–Kier alpha value is -2.40. The standard InChI is InChI=1S/C20H28N4O/c1-14(2)24(15(3)4)9-8-23-20(25)18-10-17(12-22-13-18)16-6-5-7-19(21)11-16/h5-7,10-15H,8-9,21H2,1-4H3,(H,23,25). The van der Waals surface area contributed by atoms with Crippen molar-refractivity contribution >= 4 is 11.6 Å². The Labute approximate surface area is 150 Å². The molecule has 0 fully saturated rings. The van der Waals surface area contributed by atoms with Crippen LogP contribution in [0.15, 0.2) is 42.7 Å². The molecule has 1 amide bonds. The van der Waals surface area contributed by atoms with Crippen molar-refractivity contribution in [1.29, 1.82) is 0 Å². The molecule has 0 bridgehead atoms. The lowest BCUT2D eigenvalue weighted by molar-refractivity contribution is 0.0939. The number of hydrogen-bond donors (Lipinski definition) is 2. The first-order valence-electron chi connectivity index (χ1n) is 8.73. The minimum atomic E-state index is -0.106. The highest BCUT2D eigenvalue weighted by Crippen LogP contribution is 2.21. The summed E-state index contributed by atoms with van der Waals surface area (Å²) in [6.07, 6.45) is 3.33. The number of benzene rings is 1. The molecular weight excluding hydrogens is 312 g/mol. The van der Waals surface area contributed by atoms with Crippen LogP contribution in [0.5, 0.6) is 0 Å². The Kier molecular flexibility index (Phi) is 6.53. The molecular formula is C20H28N4O. The number of carbonyl (C=O) groups is 1. The summed E-state index contributed by atoms with van der Waals surface area (Å²) in [6.45, 7) is 10.1. The zero-order valence-electron chi connectivity index (χ0n) is 15.5. The third-order valence-electron chi connectivity index (χ3n) is 4.20. The number of carbonyl (C=O) groups excluding carboxylic acids is 1. The lowest BCUT2D eigenvalue weighted by Gasteiger charge is -2.30. The van der Waals surface area contributed by atoms with E-state index in [9.17, 15) is 4.79 Å². The van der Waals surface area contributed by atoms with Gasteiger partial charge in [0.05, 0.1) is 5.56 Å². The predicted molar refractivity (Wildman–Crippen MR) is 103 cm³/mol. The number of nitrogens with two attached hydrogens (primary N) is 1. The van der Waals surface area contributed by atoms with Gasteiger partial charge in [0.15, 0.2) is 0 Å². The second kappa shape index (κ2) is 8.62. The van der Waals surface area contributed by atoms with E-state index in [0.717, 1.165) is 17.7 Å². The molecule has 3 N–H and O–H groups in total. The maximum absolute atomic E-state index is 12.4. The van der Waals surface area contributed by atoms with E-state index in [1.54, 1.807) is 12.4 Å². The number of pyridine rings is 1. The van der Waals surface area contributed by atoms with E-state index in [0.29, 0.717) is 29.9 Å². The van der Waals surface area contributed by atoms with Gasteiger partial charge in [0.2, 0.25) is 0 Å². The molecule has 25 heavy (non-hydrogen) atoms. The molecule has 0 aliphatic rings. The molecule has 0 spiro atoms. The first-order chi connectivity index (χ1) is 11.9. The van der Waals surface area contributed by atoms with Crippen LogP contribution in [-0.4, -0.2) is 41.0 Å². The number of nitrogen functional groups attached to an aromatic ring is 1.